The number of azide groups is 1. The molecule has 45 heavy (non-hydrogen) atoms. The molecule has 242 valence electrons. The van der Waals surface area contributed by atoms with Gasteiger partial charge in [0, 0.05) is 29.5 Å². The predicted octanol–water partition coefficient (Wildman–Crippen LogP) is 2.26. The summed E-state index contributed by atoms with van der Waals surface area (Å²) in [5.41, 5.74) is 17.0. The fraction of sp³-hybridized carbons (Fsp3) is 0.419. The summed E-state index contributed by atoms with van der Waals surface area (Å²) in [6.45, 7) is 5.46. The number of nitrogens with one attached hydrogen (secondary N) is 3. The summed E-state index contributed by atoms with van der Waals surface area (Å²) >= 11 is 0. The summed E-state index contributed by atoms with van der Waals surface area (Å²) in [5.74, 6) is -2.65. The number of carbonyl (C=O) groups excluding carboxylic acids is 4. The number of sulfone groups is 1. The van der Waals surface area contributed by atoms with Gasteiger partial charge in [0.15, 0.2) is 15.6 Å². The van der Waals surface area contributed by atoms with Crippen LogP contribution in [0.2, 0.25) is 0 Å². The van der Waals surface area contributed by atoms with Gasteiger partial charge in [0.2, 0.25) is 17.7 Å². The van der Waals surface area contributed by atoms with E-state index in [2.05, 4.69) is 26.0 Å². The molecule has 13 nitrogen and oxygen atoms in total. The summed E-state index contributed by atoms with van der Waals surface area (Å²) in [4.78, 5) is 55.3. The van der Waals surface area contributed by atoms with Gasteiger partial charge in [0.1, 0.15) is 18.1 Å². The van der Waals surface area contributed by atoms with Crippen LogP contribution in [-0.2, 0) is 48.4 Å². The van der Waals surface area contributed by atoms with Crippen LogP contribution in [0.4, 0.5) is 0 Å². The highest BCUT2D eigenvalue weighted by Gasteiger charge is 2.29. The molecule has 0 radical (unpaired) electrons. The lowest BCUT2D eigenvalue weighted by molar-refractivity contribution is -0.133. The summed E-state index contributed by atoms with van der Waals surface area (Å²) in [6.07, 6.45) is 2.25. The molecule has 0 bridgehead atoms. The Kier molecular flexibility index (Phi) is 14.4. The number of ketones is 1. The summed E-state index contributed by atoms with van der Waals surface area (Å²) in [5, 5.41) is 12.2. The predicted molar refractivity (Wildman–Crippen MR) is 171 cm³/mol. The minimum Gasteiger partial charge on any atom is -0.344 e. The smallest absolute Gasteiger partial charge is 0.243 e. The molecule has 0 aromatic heterocycles. The molecule has 0 fully saturated rings. The number of nitrogens with two attached hydrogens (primary N) is 1. The van der Waals surface area contributed by atoms with Crippen LogP contribution in [0, 0.1) is 5.92 Å². The van der Waals surface area contributed by atoms with E-state index in [-0.39, 0.29) is 25.2 Å². The van der Waals surface area contributed by atoms with Crippen LogP contribution >= 0.6 is 0 Å². The molecule has 0 heterocycles. The molecule has 0 aliphatic heterocycles. The van der Waals surface area contributed by atoms with Gasteiger partial charge in [-0.1, -0.05) is 73.6 Å². The molecular weight excluding hydrogens is 598 g/mol. The zero-order chi connectivity index (χ0) is 33.6. The second kappa shape index (κ2) is 17.7. The number of carbonyl (C=O) groups is 4. The zero-order valence-electron chi connectivity index (χ0n) is 25.8. The van der Waals surface area contributed by atoms with E-state index < -0.39 is 57.5 Å². The van der Waals surface area contributed by atoms with Crippen molar-refractivity contribution in [1.29, 1.82) is 0 Å². The molecule has 2 aromatic carbocycles. The highest BCUT2D eigenvalue weighted by Crippen LogP contribution is 2.11. The second-order valence-electron chi connectivity index (χ2n) is 11.2. The Bertz CT molecular complexity index is 1500. The van der Waals surface area contributed by atoms with Crippen molar-refractivity contribution in [1.82, 2.24) is 16.0 Å². The van der Waals surface area contributed by atoms with E-state index in [1.54, 1.807) is 48.5 Å². The Morgan fingerprint density at radius 3 is 1.98 bits per heavy atom. The first kappa shape index (κ1) is 36.7. The highest BCUT2D eigenvalue weighted by atomic mass is 32.2. The van der Waals surface area contributed by atoms with Gasteiger partial charge >= 0.3 is 0 Å². The van der Waals surface area contributed by atoms with Gasteiger partial charge in [-0.2, -0.15) is 0 Å². The van der Waals surface area contributed by atoms with Gasteiger partial charge in [-0.25, -0.2) is 8.42 Å². The Morgan fingerprint density at radius 2 is 1.42 bits per heavy atom. The van der Waals surface area contributed by atoms with Crippen LogP contribution in [0.1, 0.15) is 43.9 Å². The Hall–Kier alpha value is -4.52. The van der Waals surface area contributed by atoms with Crippen molar-refractivity contribution in [2.24, 2.45) is 16.8 Å². The lowest BCUT2D eigenvalue weighted by atomic mass is 10.00. The molecule has 0 aliphatic carbocycles. The number of nitrogens with zero attached hydrogens (tertiary/aromatic N) is 3. The maximum absolute atomic E-state index is 13.3. The number of amides is 3. The molecule has 3 amide bonds. The summed E-state index contributed by atoms with van der Waals surface area (Å²) in [6, 6.07) is 11.6. The average molecular weight is 640 g/mol. The molecule has 2 aromatic rings. The maximum Gasteiger partial charge on any atom is 0.243 e. The molecule has 4 atom stereocenters. The van der Waals surface area contributed by atoms with E-state index in [1.807, 2.05) is 19.9 Å². The van der Waals surface area contributed by atoms with Gasteiger partial charge in [-0.05, 0) is 54.0 Å². The number of hydrogen-bond acceptors (Lipinski definition) is 8. The van der Waals surface area contributed by atoms with E-state index in [9.17, 15) is 27.6 Å². The van der Waals surface area contributed by atoms with E-state index in [1.165, 1.54) is 6.92 Å². The highest BCUT2D eigenvalue weighted by molar-refractivity contribution is 7.93. The Morgan fingerprint density at radius 1 is 0.844 bits per heavy atom. The largest absolute Gasteiger partial charge is 0.344 e. The topological polar surface area (TPSA) is 213 Å². The molecule has 2 rings (SSSR count). The average Bonchev–Trinajstić information content (AvgIpc) is 2.99. The van der Waals surface area contributed by atoms with Gasteiger partial charge in [-0.3, -0.25) is 19.2 Å². The third-order valence-electron chi connectivity index (χ3n) is 6.70. The lowest BCUT2D eigenvalue weighted by Crippen LogP contribution is -2.56. The number of benzene rings is 2. The summed E-state index contributed by atoms with van der Waals surface area (Å²) in [7, 11) is -3.60. The van der Waals surface area contributed by atoms with E-state index in [0.29, 0.717) is 12.1 Å². The number of rotatable bonds is 17. The Labute approximate surface area is 263 Å². The van der Waals surface area contributed by atoms with Crippen LogP contribution in [-0.4, -0.2) is 62.3 Å². The SMILES string of the molecule is CC(C)C[C@H](NC(=O)[C@@H](Cc1ccccc1)N=[N+]=[N-])C(=O)N[C@@H](C)C(=O)N[C@@H](Cc1ccc(CN)cc1)C(=O)/C=C/S(C)(=O)=O. The van der Waals surface area contributed by atoms with Crippen LogP contribution in [0.3, 0.4) is 0 Å². The first-order chi connectivity index (χ1) is 21.2. The minimum absolute atomic E-state index is 0.0217. The fourth-order valence-corrected chi connectivity index (χ4v) is 4.69. The van der Waals surface area contributed by atoms with E-state index >= 15 is 0 Å². The van der Waals surface area contributed by atoms with Crippen LogP contribution in [0.5, 0.6) is 0 Å². The monoisotopic (exact) mass is 639 g/mol. The molecular formula is C31H41N7O6S. The van der Waals surface area contributed by atoms with Crippen molar-refractivity contribution in [2.75, 3.05) is 6.26 Å². The van der Waals surface area contributed by atoms with Crippen molar-refractivity contribution >= 4 is 33.3 Å². The lowest BCUT2D eigenvalue weighted by Gasteiger charge is -2.25. The van der Waals surface area contributed by atoms with Gasteiger partial charge in [-0.15, -0.1) is 0 Å². The minimum atomic E-state index is -3.60. The maximum atomic E-state index is 13.3. The second-order valence-corrected chi connectivity index (χ2v) is 13.1. The van der Waals surface area contributed by atoms with E-state index in [4.69, 9.17) is 11.3 Å². The molecule has 0 spiro atoms. The first-order valence-corrected chi connectivity index (χ1v) is 16.4. The van der Waals surface area contributed by atoms with Crippen LogP contribution < -0.4 is 21.7 Å². The van der Waals surface area contributed by atoms with E-state index in [0.717, 1.165) is 28.9 Å². The molecule has 0 unspecified atom stereocenters. The third-order valence-corrected chi connectivity index (χ3v) is 7.33. The van der Waals surface area contributed by atoms with Crippen molar-refractivity contribution in [3.63, 3.8) is 0 Å². The van der Waals surface area contributed by atoms with Crippen LogP contribution in [0.25, 0.3) is 10.4 Å². The van der Waals surface area contributed by atoms with Crippen molar-refractivity contribution < 1.29 is 27.6 Å². The zero-order valence-corrected chi connectivity index (χ0v) is 26.7. The number of hydrogen-bond donors (Lipinski definition) is 4. The first-order valence-electron chi connectivity index (χ1n) is 14.4. The van der Waals surface area contributed by atoms with Gasteiger partial charge in [0.25, 0.3) is 0 Å². The van der Waals surface area contributed by atoms with Crippen LogP contribution in [0.15, 0.2) is 71.2 Å². The van der Waals surface area contributed by atoms with Crippen molar-refractivity contribution in [3.05, 3.63) is 93.2 Å². The van der Waals surface area contributed by atoms with Gasteiger partial charge < -0.3 is 21.7 Å². The fourth-order valence-electron chi connectivity index (χ4n) is 4.31. The van der Waals surface area contributed by atoms with Crippen molar-refractivity contribution in [2.45, 2.75) is 70.7 Å². The normalized spacial score (nSPS) is 14.1. The quantitative estimate of drug-likeness (QED) is 0.0876. The molecule has 5 N–H and O–H groups in total. The molecule has 0 saturated heterocycles. The molecule has 0 saturated carbocycles. The van der Waals surface area contributed by atoms with Crippen molar-refractivity contribution in [3.8, 4) is 0 Å². The molecule has 0 aliphatic rings. The Balaban J connectivity index is 2.18. The molecule has 14 heteroatoms. The van der Waals surface area contributed by atoms with Gasteiger partial charge in [0.05, 0.1) is 6.04 Å². The third kappa shape index (κ3) is 13.3. The summed E-state index contributed by atoms with van der Waals surface area (Å²) < 4.78 is 23.2. The standard InChI is InChI=1S/C31H41N7O6S/c1-20(2)16-26(36-31(42)27(37-38-33)18-22-8-6-5-7-9-22)30(41)34-21(3)29(40)35-25(28(39)14-15-45(4,43)44)17-23-10-12-24(19-32)13-11-23/h5-15,20-21,25-27H,16-19,32H2,1-4H3,(H,34,41)(H,35,40)(H,36,42)/b15-14+/t21-,25-,26-,27+/m0/s1.